The van der Waals surface area contributed by atoms with Gasteiger partial charge < -0.3 is 5.32 Å². The van der Waals surface area contributed by atoms with Crippen molar-refractivity contribution < 1.29 is 4.79 Å². The Labute approximate surface area is 109 Å². The molecule has 1 aliphatic rings. The summed E-state index contributed by atoms with van der Waals surface area (Å²) in [5.41, 5.74) is -0.0968. The monoisotopic (exact) mass is 292 g/mol. The number of hydrogen-bond donors (Lipinski definition) is 1. The Morgan fingerprint density at radius 2 is 2.29 bits per heavy atom. The maximum atomic E-state index is 12.1. The fraction of sp³-hybridized carbons (Fsp3) is 0.385. The number of carbonyl (C=O) groups is 1. The minimum absolute atomic E-state index is 0.184. The van der Waals surface area contributed by atoms with E-state index in [0.717, 1.165) is 10.2 Å². The van der Waals surface area contributed by atoms with E-state index in [4.69, 9.17) is 5.26 Å². The molecule has 0 atom stereocenters. The number of rotatable bonds is 2. The van der Waals surface area contributed by atoms with Crippen molar-refractivity contribution in [3.05, 3.63) is 28.7 Å². The third-order valence-corrected chi connectivity index (χ3v) is 3.62. The molecular weight excluding hydrogens is 280 g/mol. The lowest BCUT2D eigenvalue weighted by Crippen LogP contribution is -2.45. The molecule has 17 heavy (non-hydrogen) atoms. The van der Waals surface area contributed by atoms with Gasteiger partial charge in [-0.15, -0.1) is 0 Å². The Kier molecular flexibility index (Phi) is 3.21. The van der Waals surface area contributed by atoms with Gasteiger partial charge in [0, 0.05) is 10.2 Å². The Bertz CT molecular complexity index is 486. The largest absolute Gasteiger partial charge is 0.325 e. The number of nitriles is 1. The fourth-order valence-electron chi connectivity index (χ4n) is 2.27. The number of benzene rings is 1. The van der Waals surface area contributed by atoms with Crippen LogP contribution in [0.1, 0.15) is 19.8 Å². The predicted octanol–water partition coefficient (Wildman–Crippen LogP) is 3.33. The van der Waals surface area contributed by atoms with E-state index in [0.29, 0.717) is 18.8 Å². The van der Waals surface area contributed by atoms with E-state index in [1.54, 1.807) is 0 Å². The van der Waals surface area contributed by atoms with E-state index in [1.165, 1.54) is 0 Å². The van der Waals surface area contributed by atoms with Crippen molar-refractivity contribution in [1.82, 2.24) is 0 Å². The highest BCUT2D eigenvalue weighted by molar-refractivity contribution is 9.10. The van der Waals surface area contributed by atoms with Crippen molar-refractivity contribution in [2.24, 2.45) is 11.3 Å². The number of amides is 1. The predicted molar refractivity (Wildman–Crippen MR) is 69.2 cm³/mol. The Morgan fingerprint density at radius 3 is 2.82 bits per heavy atom. The Balaban J connectivity index is 2.10. The zero-order valence-electron chi connectivity index (χ0n) is 9.53. The second-order valence-corrected chi connectivity index (χ2v) is 5.59. The van der Waals surface area contributed by atoms with Crippen molar-refractivity contribution in [3.8, 4) is 6.07 Å². The minimum Gasteiger partial charge on any atom is -0.325 e. The van der Waals surface area contributed by atoms with Gasteiger partial charge in [-0.3, -0.25) is 4.79 Å². The van der Waals surface area contributed by atoms with Crippen LogP contribution >= 0.6 is 15.9 Å². The second-order valence-electron chi connectivity index (χ2n) is 4.67. The lowest BCUT2D eigenvalue weighted by molar-refractivity contribution is -0.128. The van der Waals surface area contributed by atoms with E-state index < -0.39 is 5.41 Å². The first-order valence-electron chi connectivity index (χ1n) is 5.54. The van der Waals surface area contributed by atoms with Gasteiger partial charge in [0.15, 0.2) is 0 Å². The van der Waals surface area contributed by atoms with Gasteiger partial charge in [-0.1, -0.05) is 28.9 Å². The van der Waals surface area contributed by atoms with Gasteiger partial charge in [0.1, 0.15) is 5.41 Å². The molecule has 0 unspecified atom stereocenters. The van der Waals surface area contributed by atoms with Crippen LogP contribution in [-0.4, -0.2) is 5.91 Å². The highest BCUT2D eigenvalue weighted by Gasteiger charge is 2.48. The molecule has 3 nitrogen and oxygen atoms in total. The van der Waals surface area contributed by atoms with Crippen LogP contribution < -0.4 is 5.32 Å². The van der Waals surface area contributed by atoms with Crippen molar-refractivity contribution in [2.75, 3.05) is 5.32 Å². The number of nitrogens with zero attached hydrogens (tertiary/aromatic N) is 1. The summed E-state index contributed by atoms with van der Waals surface area (Å²) in [7, 11) is 0. The molecule has 0 aliphatic heterocycles. The van der Waals surface area contributed by atoms with E-state index in [-0.39, 0.29) is 5.91 Å². The molecule has 1 fully saturated rings. The van der Waals surface area contributed by atoms with Crippen LogP contribution in [-0.2, 0) is 4.79 Å². The maximum absolute atomic E-state index is 12.1. The molecule has 0 radical (unpaired) electrons. The zero-order chi connectivity index (χ0) is 12.5. The average molecular weight is 293 g/mol. The van der Waals surface area contributed by atoms with Gasteiger partial charge in [0.25, 0.3) is 0 Å². The molecule has 0 bridgehead atoms. The van der Waals surface area contributed by atoms with Crippen LogP contribution in [0.15, 0.2) is 28.7 Å². The molecule has 0 spiro atoms. The Morgan fingerprint density at radius 1 is 1.59 bits per heavy atom. The summed E-state index contributed by atoms with van der Waals surface area (Å²) in [6.07, 6.45) is 1.31. The van der Waals surface area contributed by atoms with Crippen molar-refractivity contribution in [2.45, 2.75) is 19.8 Å². The van der Waals surface area contributed by atoms with E-state index in [9.17, 15) is 4.79 Å². The standard InChI is InChI=1S/C13H13BrN2O/c1-9-6-13(7-9,8-15)12(17)16-11-4-2-3-10(14)5-11/h2-5,9H,6-7H2,1H3,(H,16,17). The summed E-state index contributed by atoms with van der Waals surface area (Å²) in [6.45, 7) is 2.06. The Hall–Kier alpha value is -1.34. The molecule has 0 saturated heterocycles. The summed E-state index contributed by atoms with van der Waals surface area (Å²) in [4.78, 5) is 12.1. The summed E-state index contributed by atoms with van der Waals surface area (Å²) in [6, 6.07) is 9.54. The summed E-state index contributed by atoms with van der Waals surface area (Å²) >= 11 is 3.34. The molecule has 2 rings (SSSR count). The van der Waals surface area contributed by atoms with Crippen LogP contribution in [0.3, 0.4) is 0 Å². The van der Waals surface area contributed by atoms with Gasteiger partial charge in [0.2, 0.25) is 5.91 Å². The van der Waals surface area contributed by atoms with Crippen molar-refractivity contribution in [3.63, 3.8) is 0 Å². The molecule has 1 amide bonds. The quantitative estimate of drug-likeness (QED) is 0.909. The molecule has 1 aromatic rings. The fourth-order valence-corrected chi connectivity index (χ4v) is 2.67. The number of anilines is 1. The molecule has 1 N–H and O–H groups in total. The van der Waals surface area contributed by atoms with Gasteiger partial charge in [0.05, 0.1) is 6.07 Å². The SMILES string of the molecule is CC1CC(C#N)(C(=O)Nc2cccc(Br)c2)C1. The molecule has 1 saturated carbocycles. The topological polar surface area (TPSA) is 52.9 Å². The third kappa shape index (κ3) is 2.34. The number of halogens is 1. The summed E-state index contributed by atoms with van der Waals surface area (Å²) in [5.74, 6) is 0.277. The van der Waals surface area contributed by atoms with Gasteiger partial charge in [-0.05, 0) is 37.0 Å². The molecule has 0 aromatic heterocycles. The number of carbonyl (C=O) groups excluding carboxylic acids is 1. The average Bonchev–Trinajstić information content (AvgIpc) is 2.24. The van der Waals surface area contributed by atoms with E-state index >= 15 is 0 Å². The van der Waals surface area contributed by atoms with E-state index in [2.05, 4.69) is 34.2 Å². The molecular formula is C13H13BrN2O. The van der Waals surface area contributed by atoms with Crippen LogP contribution in [0.2, 0.25) is 0 Å². The van der Waals surface area contributed by atoms with Gasteiger partial charge in [-0.2, -0.15) is 5.26 Å². The van der Waals surface area contributed by atoms with Crippen LogP contribution in [0.25, 0.3) is 0 Å². The summed E-state index contributed by atoms with van der Waals surface area (Å²) in [5, 5.41) is 11.9. The second kappa shape index (κ2) is 4.50. The van der Waals surface area contributed by atoms with Crippen LogP contribution in [0.5, 0.6) is 0 Å². The lowest BCUT2D eigenvalue weighted by atomic mass is 9.63. The maximum Gasteiger partial charge on any atom is 0.244 e. The molecule has 1 aromatic carbocycles. The smallest absolute Gasteiger partial charge is 0.244 e. The van der Waals surface area contributed by atoms with Crippen molar-refractivity contribution in [1.29, 1.82) is 5.26 Å². The van der Waals surface area contributed by atoms with Crippen LogP contribution in [0.4, 0.5) is 5.69 Å². The first-order chi connectivity index (χ1) is 8.05. The van der Waals surface area contributed by atoms with Gasteiger partial charge in [-0.25, -0.2) is 0 Å². The number of hydrogen-bond acceptors (Lipinski definition) is 2. The highest BCUT2D eigenvalue weighted by Crippen LogP contribution is 2.45. The van der Waals surface area contributed by atoms with E-state index in [1.807, 2.05) is 24.3 Å². The van der Waals surface area contributed by atoms with Crippen LogP contribution in [0, 0.1) is 22.7 Å². The number of nitrogens with one attached hydrogen (secondary N) is 1. The molecule has 88 valence electrons. The first-order valence-corrected chi connectivity index (χ1v) is 6.33. The zero-order valence-corrected chi connectivity index (χ0v) is 11.1. The van der Waals surface area contributed by atoms with Gasteiger partial charge >= 0.3 is 0 Å². The first kappa shape index (κ1) is 12.1. The highest BCUT2D eigenvalue weighted by atomic mass is 79.9. The summed E-state index contributed by atoms with van der Waals surface area (Å²) < 4.78 is 0.906. The molecule has 4 heteroatoms. The lowest BCUT2D eigenvalue weighted by Gasteiger charge is -2.39. The normalized spacial score (nSPS) is 26.8. The minimum atomic E-state index is -0.818. The third-order valence-electron chi connectivity index (χ3n) is 3.12. The molecule has 1 aliphatic carbocycles. The molecule has 0 heterocycles. The van der Waals surface area contributed by atoms with Crippen molar-refractivity contribution >= 4 is 27.5 Å².